The number of benzene rings is 2. The maximum atomic E-state index is 12.3. The van der Waals surface area contributed by atoms with E-state index in [4.69, 9.17) is 19.5 Å². The Morgan fingerprint density at radius 3 is 2.62 bits per heavy atom. The maximum Gasteiger partial charge on any atom is 0.345 e. The summed E-state index contributed by atoms with van der Waals surface area (Å²) < 4.78 is 15.3. The van der Waals surface area contributed by atoms with Gasteiger partial charge in [-0.3, -0.25) is 14.9 Å². The van der Waals surface area contributed by atoms with E-state index >= 15 is 0 Å². The van der Waals surface area contributed by atoms with E-state index in [1.54, 1.807) is 25.1 Å². The molecule has 2 aromatic carbocycles. The summed E-state index contributed by atoms with van der Waals surface area (Å²) in [6.45, 7) is 1.26. The van der Waals surface area contributed by atoms with Crippen molar-refractivity contribution in [3.8, 4) is 17.6 Å². The standard InChI is InChI=1S/C19H17N3O7/c1-3-28-17-8-14(15(22(25)26)9-16(17)27-2)19(24)29-11-18(23)21-13-6-4-5-12(7-13)10-20/h4-9H,3,11H2,1-2H3,(H,21,23). The molecular weight excluding hydrogens is 382 g/mol. The molecule has 0 spiro atoms. The Labute approximate surface area is 165 Å². The van der Waals surface area contributed by atoms with Crippen molar-refractivity contribution < 1.29 is 28.7 Å². The van der Waals surface area contributed by atoms with E-state index in [1.165, 1.54) is 13.2 Å². The Morgan fingerprint density at radius 2 is 2.00 bits per heavy atom. The largest absolute Gasteiger partial charge is 0.493 e. The molecule has 29 heavy (non-hydrogen) atoms. The summed E-state index contributed by atoms with van der Waals surface area (Å²) in [6, 6.07) is 10.3. The zero-order valence-electron chi connectivity index (χ0n) is 15.6. The highest BCUT2D eigenvalue weighted by atomic mass is 16.6. The van der Waals surface area contributed by atoms with Crippen molar-refractivity contribution in [2.75, 3.05) is 25.6 Å². The first-order valence-electron chi connectivity index (χ1n) is 8.36. The van der Waals surface area contributed by atoms with Crippen molar-refractivity contribution in [1.82, 2.24) is 0 Å². The molecular formula is C19H17N3O7. The number of nitrogens with zero attached hydrogens (tertiary/aromatic N) is 2. The lowest BCUT2D eigenvalue weighted by Crippen LogP contribution is -2.21. The van der Waals surface area contributed by atoms with E-state index < -0.39 is 29.1 Å². The van der Waals surface area contributed by atoms with E-state index in [0.29, 0.717) is 11.3 Å². The average Bonchev–Trinajstić information content (AvgIpc) is 2.71. The lowest BCUT2D eigenvalue weighted by atomic mass is 10.1. The summed E-state index contributed by atoms with van der Waals surface area (Å²) in [5, 5.41) is 22.6. The SMILES string of the molecule is CCOc1cc(C(=O)OCC(=O)Nc2cccc(C#N)c2)c([N+](=O)[O-])cc1OC. The Hall–Kier alpha value is -4.13. The molecule has 10 heteroatoms. The van der Waals surface area contributed by atoms with Crippen LogP contribution in [0.1, 0.15) is 22.8 Å². The average molecular weight is 399 g/mol. The molecule has 0 atom stereocenters. The van der Waals surface area contributed by atoms with Gasteiger partial charge in [-0.25, -0.2) is 4.79 Å². The molecule has 0 bridgehead atoms. The molecule has 0 fully saturated rings. The Bertz CT molecular complexity index is 982. The Morgan fingerprint density at radius 1 is 1.24 bits per heavy atom. The third-order valence-electron chi connectivity index (χ3n) is 3.61. The monoisotopic (exact) mass is 399 g/mol. The number of amides is 1. The van der Waals surface area contributed by atoms with Crippen LogP contribution in [0, 0.1) is 21.4 Å². The number of nitro benzene ring substituents is 1. The van der Waals surface area contributed by atoms with Gasteiger partial charge in [-0.15, -0.1) is 0 Å². The van der Waals surface area contributed by atoms with E-state index in [-0.39, 0.29) is 23.7 Å². The molecule has 0 saturated carbocycles. The zero-order valence-corrected chi connectivity index (χ0v) is 15.6. The second-order valence-corrected chi connectivity index (χ2v) is 5.53. The molecule has 0 heterocycles. The molecule has 0 saturated heterocycles. The highest BCUT2D eigenvalue weighted by molar-refractivity contribution is 5.98. The predicted octanol–water partition coefficient (Wildman–Crippen LogP) is 2.67. The molecule has 0 aliphatic rings. The molecule has 0 radical (unpaired) electrons. The van der Waals surface area contributed by atoms with Gasteiger partial charge in [-0.2, -0.15) is 5.26 Å². The Kier molecular flexibility index (Phi) is 7.08. The quantitative estimate of drug-likeness (QED) is 0.406. The van der Waals surface area contributed by atoms with Gasteiger partial charge in [0.2, 0.25) is 0 Å². The van der Waals surface area contributed by atoms with Gasteiger partial charge >= 0.3 is 5.97 Å². The van der Waals surface area contributed by atoms with Crippen LogP contribution < -0.4 is 14.8 Å². The second kappa shape index (κ2) is 9.70. The molecule has 150 valence electrons. The number of nitro groups is 1. The molecule has 0 aliphatic heterocycles. The van der Waals surface area contributed by atoms with E-state index in [0.717, 1.165) is 12.1 Å². The van der Waals surface area contributed by atoms with E-state index in [1.807, 2.05) is 6.07 Å². The fraction of sp³-hybridized carbons (Fsp3) is 0.211. The van der Waals surface area contributed by atoms with Crippen molar-refractivity contribution in [3.63, 3.8) is 0 Å². The number of nitriles is 1. The number of hydrogen-bond acceptors (Lipinski definition) is 8. The van der Waals surface area contributed by atoms with Crippen LogP contribution >= 0.6 is 0 Å². The number of carbonyl (C=O) groups excluding carboxylic acids is 2. The number of carbonyl (C=O) groups is 2. The number of nitrogens with one attached hydrogen (secondary N) is 1. The van der Waals surface area contributed by atoms with Gasteiger partial charge in [-0.1, -0.05) is 6.07 Å². The first-order chi connectivity index (χ1) is 13.9. The van der Waals surface area contributed by atoms with Crippen LogP contribution in [0.5, 0.6) is 11.5 Å². The van der Waals surface area contributed by atoms with Gasteiger partial charge in [0.15, 0.2) is 18.1 Å². The normalized spacial score (nSPS) is 9.83. The van der Waals surface area contributed by atoms with Crippen LogP contribution in [-0.2, 0) is 9.53 Å². The van der Waals surface area contributed by atoms with Crippen LogP contribution in [-0.4, -0.2) is 37.1 Å². The molecule has 0 aromatic heterocycles. The number of hydrogen-bond donors (Lipinski definition) is 1. The van der Waals surface area contributed by atoms with Crippen molar-refractivity contribution in [2.24, 2.45) is 0 Å². The first kappa shape index (κ1) is 21.2. The van der Waals surface area contributed by atoms with E-state index in [9.17, 15) is 19.7 Å². The topological polar surface area (TPSA) is 141 Å². The Balaban J connectivity index is 2.14. The number of anilines is 1. The number of esters is 1. The van der Waals surface area contributed by atoms with Crippen molar-refractivity contribution in [2.45, 2.75) is 6.92 Å². The minimum atomic E-state index is -1.07. The van der Waals surface area contributed by atoms with Crippen LogP contribution in [0.15, 0.2) is 36.4 Å². The number of methoxy groups -OCH3 is 1. The zero-order chi connectivity index (χ0) is 21.4. The smallest absolute Gasteiger partial charge is 0.345 e. The van der Waals surface area contributed by atoms with Gasteiger partial charge in [0.1, 0.15) is 5.56 Å². The van der Waals surface area contributed by atoms with Crippen LogP contribution in [0.3, 0.4) is 0 Å². The highest BCUT2D eigenvalue weighted by Gasteiger charge is 2.26. The summed E-state index contributed by atoms with van der Waals surface area (Å²) in [4.78, 5) is 34.9. The van der Waals surface area contributed by atoms with Crippen LogP contribution in [0.4, 0.5) is 11.4 Å². The first-order valence-corrected chi connectivity index (χ1v) is 8.36. The third-order valence-corrected chi connectivity index (χ3v) is 3.61. The highest BCUT2D eigenvalue weighted by Crippen LogP contribution is 2.35. The molecule has 1 amide bonds. The minimum Gasteiger partial charge on any atom is -0.493 e. The van der Waals surface area contributed by atoms with Gasteiger partial charge in [0, 0.05) is 11.8 Å². The fourth-order valence-electron chi connectivity index (χ4n) is 2.36. The van der Waals surface area contributed by atoms with Crippen molar-refractivity contribution in [3.05, 3.63) is 57.6 Å². The summed E-state index contributed by atoms with van der Waals surface area (Å²) in [6.07, 6.45) is 0. The molecule has 10 nitrogen and oxygen atoms in total. The minimum absolute atomic E-state index is 0.0882. The summed E-state index contributed by atoms with van der Waals surface area (Å²) >= 11 is 0. The maximum absolute atomic E-state index is 12.3. The number of rotatable bonds is 8. The van der Waals surface area contributed by atoms with Crippen LogP contribution in [0.25, 0.3) is 0 Å². The van der Waals surface area contributed by atoms with Crippen molar-refractivity contribution >= 4 is 23.3 Å². The van der Waals surface area contributed by atoms with Gasteiger partial charge in [-0.05, 0) is 25.1 Å². The molecule has 1 N–H and O–H groups in total. The van der Waals surface area contributed by atoms with Gasteiger partial charge in [0.25, 0.3) is 11.6 Å². The predicted molar refractivity (Wildman–Crippen MR) is 101 cm³/mol. The summed E-state index contributed by atoms with van der Waals surface area (Å²) in [5.41, 5.74) is -0.229. The summed E-state index contributed by atoms with van der Waals surface area (Å²) in [7, 11) is 1.31. The number of ether oxygens (including phenoxy) is 3. The van der Waals surface area contributed by atoms with E-state index in [2.05, 4.69) is 5.32 Å². The molecule has 0 aliphatic carbocycles. The summed E-state index contributed by atoms with van der Waals surface area (Å²) in [5.74, 6) is -1.52. The second-order valence-electron chi connectivity index (χ2n) is 5.53. The lowest BCUT2D eigenvalue weighted by molar-refractivity contribution is -0.385. The fourth-order valence-corrected chi connectivity index (χ4v) is 2.36. The lowest BCUT2D eigenvalue weighted by Gasteiger charge is -2.12. The third kappa shape index (κ3) is 5.43. The van der Waals surface area contributed by atoms with Crippen LogP contribution in [0.2, 0.25) is 0 Å². The van der Waals surface area contributed by atoms with Gasteiger partial charge in [0.05, 0.1) is 36.3 Å². The molecule has 2 aromatic rings. The molecule has 0 unspecified atom stereocenters. The molecule has 2 rings (SSSR count). The van der Waals surface area contributed by atoms with Crippen molar-refractivity contribution in [1.29, 1.82) is 5.26 Å². The van der Waals surface area contributed by atoms with Gasteiger partial charge < -0.3 is 19.5 Å².